The van der Waals surface area contributed by atoms with Crippen molar-refractivity contribution in [2.24, 2.45) is 11.7 Å². The predicted molar refractivity (Wildman–Crippen MR) is 130 cm³/mol. The van der Waals surface area contributed by atoms with E-state index in [-0.39, 0.29) is 23.3 Å². The first-order valence-electron chi connectivity index (χ1n) is 11.4. The number of halogens is 1. The molecule has 4 N–H and O–H groups in total. The van der Waals surface area contributed by atoms with Crippen molar-refractivity contribution in [2.45, 2.75) is 25.8 Å². The van der Waals surface area contributed by atoms with Crippen LogP contribution in [0.25, 0.3) is 0 Å². The van der Waals surface area contributed by atoms with Crippen molar-refractivity contribution in [1.29, 1.82) is 0 Å². The van der Waals surface area contributed by atoms with Gasteiger partial charge in [0.1, 0.15) is 11.6 Å². The van der Waals surface area contributed by atoms with Crippen molar-refractivity contribution in [1.82, 2.24) is 14.5 Å². The van der Waals surface area contributed by atoms with Crippen LogP contribution in [0.3, 0.4) is 0 Å². The minimum absolute atomic E-state index is 0.00789. The van der Waals surface area contributed by atoms with Crippen molar-refractivity contribution < 1.29 is 14.1 Å². The second-order valence-electron chi connectivity index (χ2n) is 8.38. The number of aromatic nitrogens is 3. The van der Waals surface area contributed by atoms with Gasteiger partial charge >= 0.3 is 5.69 Å². The highest BCUT2D eigenvalue weighted by Crippen LogP contribution is 2.31. The number of hydrogen-bond acceptors (Lipinski definition) is 8. The van der Waals surface area contributed by atoms with E-state index in [1.54, 1.807) is 29.6 Å². The van der Waals surface area contributed by atoms with E-state index in [2.05, 4.69) is 20.6 Å². The Kier molecular flexibility index (Phi) is 7.38. The van der Waals surface area contributed by atoms with Gasteiger partial charge in [-0.3, -0.25) is 14.9 Å². The minimum atomic E-state index is -0.541. The summed E-state index contributed by atoms with van der Waals surface area (Å²) in [6.07, 6.45) is 7.55. The number of benzene rings is 1. The van der Waals surface area contributed by atoms with E-state index < -0.39 is 10.7 Å². The van der Waals surface area contributed by atoms with Crippen LogP contribution in [0.2, 0.25) is 0 Å². The summed E-state index contributed by atoms with van der Waals surface area (Å²) in [5, 5.41) is 17.5. The normalized spacial score (nSPS) is 15.6. The minimum Gasteiger partial charge on any atom is -0.370 e. The third-order valence-electron chi connectivity index (χ3n) is 5.90. The molecule has 2 aromatic heterocycles. The second-order valence-corrected chi connectivity index (χ2v) is 8.38. The van der Waals surface area contributed by atoms with E-state index in [1.807, 2.05) is 10.8 Å². The summed E-state index contributed by atoms with van der Waals surface area (Å²) in [5.41, 5.74) is 5.88. The molecule has 1 atom stereocenters. The molecule has 0 bridgehead atoms. The molecule has 12 heteroatoms. The first kappa shape index (κ1) is 23.9. The van der Waals surface area contributed by atoms with Crippen molar-refractivity contribution in [2.75, 3.05) is 35.2 Å². The lowest BCUT2D eigenvalue weighted by atomic mass is 9.97. The van der Waals surface area contributed by atoms with Gasteiger partial charge in [0.15, 0.2) is 0 Å². The van der Waals surface area contributed by atoms with E-state index in [0.29, 0.717) is 43.2 Å². The SMILES string of the molecule is NC(=O)C1CCCN(c2ccc(Nc3nc(NCCCn4ccnc4)ccc3[N+](=O)[O-])cc2F)C1. The van der Waals surface area contributed by atoms with Gasteiger partial charge in [-0.2, -0.15) is 0 Å². The zero-order valence-corrected chi connectivity index (χ0v) is 19.1. The number of pyridine rings is 1. The Hall–Kier alpha value is -4.22. The third-order valence-corrected chi connectivity index (χ3v) is 5.90. The van der Waals surface area contributed by atoms with Gasteiger partial charge in [-0.25, -0.2) is 14.4 Å². The van der Waals surface area contributed by atoms with Crippen LogP contribution in [0.1, 0.15) is 19.3 Å². The standard InChI is InChI=1S/C23H27FN8O3/c24-18-13-17(4-5-19(18)31-11-1-3-16(14-31)22(25)33)28-23-20(32(34)35)6-7-21(29-23)27-8-2-10-30-12-9-26-15-30/h4-7,9,12-13,15-16H,1-3,8,10-11,14H2,(H2,25,33)(H2,27,28,29). The summed E-state index contributed by atoms with van der Waals surface area (Å²) in [5.74, 6) is -0.735. The molecule has 1 aliphatic heterocycles. The van der Waals surface area contributed by atoms with Gasteiger partial charge in [0.2, 0.25) is 11.7 Å². The van der Waals surface area contributed by atoms with Gasteiger partial charge in [-0.1, -0.05) is 0 Å². The molecular formula is C23H27FN8O3. The van der Waals surface area contributed by atoms with Crippen molar-refractivity contribution in [3.63, 3.8) is 0 Å². The number of rotatable bonds is 10. The fourth-order valence-electron chi connectivity index (χ4n) is 4.09. The zero-order chi connectivity index (χ0) is 24.8. The Morgan fingerprint density at radius 1 is 1.31 bits per heavy atom. The van der Waals surface area contributed by atoms with Gasteiger partial charge in [0, 0.05) is 50.3 Å². The summed E-state index contributed by atoms with van der Waals surface area (Å²) in [6, 6.07) is 7.37. The molecule has 11 nitrogen and oxygen atoms in total. The molecule has 1 fully saturated rings. The Labute approximate surface area is 201 Å². The Balaban J connectivity index is 1.44. The van der Waals surface area contributed by atoms with Crippen LogP contribution in [0, 0.1) is 21.8 Å². The smallest absolute Gasteiger partial charge is 0.311 e. The quantitative estimate of drug-likeness (QED) is 0.227. The van der Waals surface area contributed by atoms with Crippen LogP contribution in [0.4, 0.5) is 33.1 Å². The molecule has 1 unspecified atom stereocenters. The molecule has 1 amide bonds. The maximum absolute atomic E-state index is 15.0. The number of anilines is 4. The van der Waals surface area contributed by atoms with E-state index in [1.165, 1.54) is 18.2 Å². The molecule has 1 aliphatic rings. The topological polar surface area (TPSA) is 144 Å². The highest BCUT2D eigenvalue weighted by Gasteiger charge is 2.26. The largest absolute Gasteiger partial charge is 0.370 e. The lowest BCUT2D eigenvalue weighted by molar-refractivity contribution is -0.384. The maximum Gasteiger partial charge on any atom is 0.311 e. The second kappa shape index (κ2) is 10.8. The molecule has 0 aliphatic carbocycles. The predicted octanol–water partition coefficient (Wildman–Crippen LogP) is 3.27. The molecule has 0 radical (unpaired) electrons. The Morgan fingerprint density at radius 3 is 2.89 bits per heavy atom. The van der Waals surface area contributed by atoms with Gasteiger partial charge in [-0.15, -0.1) is 0 Å². The highest BCUT2D eigenvalue weighted by atomic mass is 19.1. The maximum atomic E-state index is 15.0. The van der Waals surface area contributed by atoms with Gasteiger partial charge in [-0.05, 0) is 43.5 Å². The summed E-state index contributed by atoms with van der Waals surface area (Å²) >= 11 is 0. The van der Waals surface area contributed by atoms with Crippen molar-refractivity contribution in [3.8, 4) is 0 Å². The van der Waals surface area contributed by atoms with Crippen LogP contribution in [0.15, 0.2) is 49.1 Å². The first-order valence-corrected chi connectivity index (χ1v) is 11.4. The monoisotopic (exact) mass is 482 g/mol. The number of nitrogens with one attached hydrogen (secondary N) is 2. The molecular weight excluding hydrogens is 455 g/mol. The molecule has 1 aromatic carbocycles. The summed E-state index contributed by atoms with van der Waals surface area (Å²) < 4.78 is 16.9. The number of hydrogen-bond donors (Lipinski definition) is 3. The van der Waals surface area contributed by atoms with Gasteiger partial charge < -0.3 is 25.8 Å². The number of nitrogens with zero attached hydrogens (tertiary/aromatic N) is 5. The van der Waals surface area contributed by atoms with Crippen LogP contribution < -0.4 is 21.3 Å². The van der Waals surface area contributed by atoms with Crippen LogP contribution >= 0.6 is 0 Å². The summed E-state index contributed by atoms with van der Waals surface area (Å²) in [7, 11) is 0. The molecule has 1 saturated heterocycles. The molecule has 3 aromatic rings. The zero-order valence-electron chi connectivity index (χ0n) is 19.1. The van der Waals surface area contributed by atoms with Crippen LogP contribution in [-0.4, -0.2) is 45.0 Å². The molecule has 184 valence electrons. The molecule has 3 heterocycles. The number of imidazole rings is 1. The fraction of sp³-hybridized carbons (Fsp3) is 0.348. The number of piperidine rings is 1. The number of primary amides is 1. The lowest BCUT2D eigenvalue weighted by Crippen LogP contribution is -2.41. The van der Waals surface area contributed by atoms with Gasteiger partial charge in [0.05, 0.1) is 22.9 Å². The number of nitro groups is 1. The van der Waals surface area contributed by atoms with E-state index in [4.69, 9.17) is 5.73 Å². The van der Waals surface area contributed by atoms with Crippen LogP contribution in [0.5, 0.6) is 0 Å². The average molecular weight is 483 g/mol. The molecule has 35 heavy (non-hydrogen) atoms. The Morgan fingerprint density at radius 2 is 2.17 bits per heavy atom. The molecule has 0 saturated carbocycles. The Bertz CT molecular complexity index is 1190. The lowest BCUT2D eigenvalue weighted by Gasteiger charge is -2.33. The van der Waals surface area contributed by atoms with E-state index >= 15 is 0 Å². The van der Waals surface area contributed by atoms with E-state index in [0.717, 1.165) is 19.4 Å². The average Bonchev–Trinajstić information content (AvgIpc) is 3.36. The number of carbonyl (C=O) groups excluding carboxylic acids is 1. The number of aryl methyl sites for hydroxylation is 1. The third kappa shape index (κ3) is 6.02. The first-order chi connectivity index (χ1) is 16.9. The molecule has 0 spiro atoms. The van der Waals surface area contributed by atoms with Crippen LogP contribution in [-0.2, 0) is 11.3 Å². The summed E-state index contributed by atoms with van der Waals surface area (Å²) in [4.78, 5) is 32.6. The van der Waals surface area contributed by atoms with E-state index in [9.17, 15) is 19.3 Å². The fourth-order valence-corrected chi connectivity index (χ4v) is 4.09. The van der Waals surface area contributed by atoms with Gasteiger partial charge in [0.25, 0.3) is 0 Å². The van der Waals surface area contributed by atoms with Crippen molar-refractivity contribution in [3.05, 3.63) is 65.0 Å². The molecule has 4 rings (SSSR count). The number of nitrogens with two attached hydrogens (primary N) is 1. The number of carbonyl (C=O) groups is 1. The summed E-state index contributed by atoms with van der Waals surface area (Å²) in [6.45, 7) is 2.36. The van der Waals surface area contributed by atoms with Crippen molar-refractivity contribution >= 4 is 34.6 Å². The number of amides is 1. The highest BCUT2D eigenvalue weighted by molar-refractivity contribution is 5.78.